The zero-order valence-corrected chi connectivity index (χ0v) is 6.03. The number of ether oxygens (including phenoxy) is 1. The first-order valence-electron chi connectivity index (χ1n) is 3.02. The van der Waals surface area contributed by atoms with Crippen molar-refractivity contribution < 1.29 is 14.1 Å². The first kappa shape index (κ1) is 7.74. The van der Waals surface area contributed by atoms with E-state index < -0.39 is 5.97 Å². The molecule has 1 aromatic rings. The molecule has 0 aliphatic carbocycles. The molecule has 0 bridgehead atoms. The number of hydrogen-bond acceptors (Lipinski definition) is 5. The molecule has 1 rings (SSSR count). The van der Waals surface area contributed by atoms with E-state index in [2.05, 4.69) is 14.4 Å². The van der Waals surface area contributed by atoms with Gasteiger partial charge in [-0.3, -0.25) is 0 Å². The molecule has 0 aromatic carbocycles. The van der Waals surface area contributed by atoms with Crippen molar-refractivity contribution in [3.05, 3.63) is 17.5 Å². The molecule has 0 spiro atoms. The zero-order valence-electron chi connectivity index (χ0n) is 6.03. The predicted molar refractivity (Wildman–Crippen MR) is 35.7 cm³/mol. The lowest BCUT2D eigenvalue weighted by Crippen LogP contribution is -1.99. The van der Waals surface area contributed by atoms with Gasteiger partial charge in [0.05, 0.1) is 12.8 Å². The molecule has 60 valence electrons. The fourth-order valence-electron chi connectivity index (χ4n) is 0.605. The molecule has 0 amide bonds. The number of carbonyl (C=O) groups excluding carboxylic acids is 1. The maximum absolute atomic E-state index is 10.7. The van der Waals surface area contributed by atoms with E-state index in [-0.39, 0.29) is 12.3 Å². The van der Waals surface area contributed by atoms with Crippen molar-refractivity contribution in [3.8, 4) is 0 Å². The Morgan fingerprint density at radius 2 is 2.64 bits per heavy atom. The van der Waals surface area contributed by atoms with Gasteiger partial charge in [-0.05, 0) is 0 Å². The Kier molecular flexibility index (Phi) is 2.22. The van der Waals surface area contributed by atoms with E-state index in [1.807, 2.05) is 0 Å². The number of nitrogens with zero attached hydrogens (tertiary/aromatic N) is 1. The number of hydrogen-bond donors (Lipinski definition) is 1. The van der Waals surface area contributed by atoms with Gasteiger partial charge in [0.25, 0.3) is 0 Å². The van der Waals surface area contributed by atoms with Gasteiger partial charge < -0.3 is 15.0 Å². The van der Waals surface area contributed by atoms with Crippen LogP contribution in [0, 0.1) is 0 Å². The third-order valence-corrected chi connectivity index (χ3v) is 1.15. The molecule has 5 heteroatoms. The summed E-state index contributed by atoms with van der Waals surface area (Å²) in [6.07, 6.45) is 0. The summed E-state index contributed by atoms with van der Waals surface area (Å²) in [6.45, 7) is 0.250. The number of esters is 1. The summed E-state index contributed by atoms with van der Waals surface area (Å²) in [7, 11) is 1.27. The summed E-state index contributed by atoms with van der Waals surface area (Å²) in [5, 5.41) is 3.50. The van der Waals surface area contributed by atoms with Crippen LogP contribution in [0.25, 0.3) is 0 Å². The number of methoxy groups -OCH3 is 1. The first-order chi connectivity index (χ1) is 5.27. The van der Waals surface area contributed by atoms with Gasteiger partial charge in [-0.1, -0.05) is 5.16 Å². The van der Waals surface area contributed by atoms with Crippen molar-refractivity contribution in [2.24, 2.45) is 5.73 Å². The lowest BCUT2D eigenvalue weighted by atomic mass is 10.4. The molecule has 1 heterocycles. The maximum atomic E-state index is 10.7. The minimum Gasteiger partial charge on any atom is -0.463 e. The van der Waals surface area contributed by atoms with Gasteiger partial charge in [0.15, 0.2) is 0 Å². The average Bonchev–Trinajstić information content (AvgIpc) is 2.50. The van der Waals surface area contributed by atoms with Crippen LogP contribution in [-0.4, -0.2) is 18.2 Å². The number of carbonyl (C=O) groups is 1. The van der Waals surface area contributed by atoms with Crippen molar-refractivity contribution in [1.29, 1.82) is 0 Å². The maximum Gasteiger partial charge on any atom is 0.376 e. The van der Waals surface area contributed by atoms with E-state index in [9.17, 15) is 4.79 Å². The van der Waals surface area contributed by atoms with Crippen molar-refractivity contribution in [3.63, 3.8) is 0 Å². The van der Waals surface area contributed by atoms with Crippen LogP contribution in [0.2, 0.25) is 0 Å². The topological polar surface area (TPSA) is 78.4 Å². The highest BCUT2D eigenvalue weighted by atomic mass is 16.5. The molecular formula is C6H8N2O3. The third kappa shape index (κ3) is 1.56. The Morgan fingerprint density at radius 3 is 3.09 bits per heavy atom. The standard InChI is InChI=1S/C6H8N2O3/c1-10-6(9)5-2-4(3-7)8-11-5/h2H,3,7H2,1H3. The van der Waals surface area contributed by atoms with Gasteiger partial charge in [0.1, 0.15) is 0 Å². The average molecular weight is 156 g/mol. The van der Waals surface area contributed by atoms with Crippen molar-refractivity contribution in [2.45, 2.75) is 6.54 Å². The molecule has 0 fully saturated rings. The number of nitrogens with two attached hydrogens (primary N) is 1. The second-order valence-electron chi connectivity index (χ2n) is 1.88. The van der Waals surface area contributed by atoms with Crippen molar-refractivity contribution in [1.82, 2.24) is 5.16 Å². The highest BCUT2D eigenvalue weighted by molar-refractivity contribution is 5.86. The molecule has 2 N–H and O–H groups in total. The van der Waals surface area contributed by atoms with Gasteiger partial charge in [0.2, 0.25) is 5.76 Å². The van der Waals surface area contributed by atoms with Crippen LogP contribution in [0.3, 0.4) is 0 Å². The van der Waals surface area contributed by atoms with Crippen LogP contribution >= 0.6 is 0 Å². The van der Waals surface area contributed by atoms with Crippen LogP contribution in [0.15, 0.2) is 10.6 Å². The Labute approximate surface area is 63.1 Å². The second kappa shape index (κ2) is 3.16. The fourth-order valence-corrected chi connectivity index (χ4v) is 0.605. The molecule has 0 aliphatic heterocycles. The Hall–Kier alpha value is -1.36. The van der Waals surface area contributed by atoms with Crippen LogP contribution in [0.4, 0.5) is 0 Å². The molecule has 0 saturated carbocycles. The highest BCUT2D eigenvalue weighted by Gasteiger charge is 2.11. The monoisotopic (exact) mass is 156 g/mol. The van der Waals surface area contributed by atoms with Gasteiger partial charge in [-0.2, -0.15) is 0 Å². The predicted octanol–water partition coefficient (Wildman–Crippen LogP) is -0.0801. The van der Waals surface area contributed by atoms with Crippen LogP contribution in [0.5, 0.6) is 0 Å². The Morgan fingerprint density at radius 1 is 1.91 bits per heavy atom. The van der Waals surface area contributed by atoms with E-state index in [4.69, 9.17) is 5.73 Å². The Bertz CT molecular complexity index is 256. The summed E-state index contributed by atoms with van der Waals surface area (Å²) >= 11 is 0. The van der Waals surface area contributed by atoms with Gasteiger partial charge in [-0.25, -0.2) is 4.79 Å². The zero-order chi connectivity index (χ0) is 8.27. The summed E-state index contributed by atoms with van der Waals surface area (Å²) < 4.78 is 8.98. The summed E-state index contributed by atoms with van der Waals surface area (Å²) in [5.41, 5.74) is 5.76. The van der Waals surface area contributed by atoms with Crippen LogP contribution in [-0.2, 0) is 11.3 Å². The SMILES string of the molecule is COC(=O)c1cc(CN)no1. The molecule has 11 heavy (non-hydrogen) atoms. The molecule has 5 nitrogen and oxygen atoms in total. The van der Waals surface area contributed by atoms with E-state index in [1.54, 1.807) is 0 Å². The Balaban J connectivity index is 2.80. The minimum absolute atomic E-state index is 0.0768. The number of rotatable bonds is 2. The fraction of sp³-hybridized carbons (Fsp3) is 0.333. The van der Waals surface area contributed by atoms with Crippen molar-refractivity contribution in [2.75, 3.05) is 7.11 Å². The molecule has 0 aliphatic rings. The summed E-state index contributed by atoms with van der Waals surface area (Å²) in [5.74, 6) is -0.467. The third-order valence-electron chi connectivity index (χ3n) is 1.15. The quantitative estimate of drug-likeness (QED) is 0.606. The molecular weight excluding hydrogens is 148 g/mol. The lowest BCUT2D eigenvalue weighted by molar-refractivity contribution is 0.0554. The first-order valence-corrected chi connectivity index (χ1v) is 3.02. The highest BCUT2D eigenvalue weighted by Crippen LogP contribution is 2.03. The second-order valence-corrected chi connectivity index (χ2v) is 1.88. The van der Waals surface area contributed by atoms with Gasteiger partial charge in [0, 0.05) is 12.6 Å². The van der Waals surface area contributed by atoms with E-state index in [0.717, 1.165) is 0 Å². The number of aromatic nitrogens is 1. The molecule has 0 saturated heterocycles. The van der Waals surface area contributed by atoms with Gasteiger partial charge >= 0.3 is 5.97 Å². The summed E-state index contributed by atoms with van der Waals surface area (Å²) in [4.78, 5) is 10.7. The van der Waals surface area contributed by atoms with E-state index >= 15 is 0 Å². The molecule has 0 radical (unpaired) electrons. The van der Waals surface area contributed by atoms with Crippen LogP contribution in [0.1, 0.15) is 16.2 Å². The van der Waals surface area contributed by atoms with Crippen molar-refractivity contribution >= 4 is 5.97 Å². The minimum atomic E-state index is -0.544. The smallest absolute Gasteiger partial charge is 0.376 e. The molecule has 0 unspecified atom stereocenters. The lowest BCUT2D eigenvalue weighted by Gasteiger charge is -1.88. The largest absolute Gasteiger partial charge is 0.463 e. The normalized spacial score (nSPS) is 9.64. The summed E-state index contributed by atoms with van der Waals surface area (Å²) in [6, 6.07) is 1.45. The molecule has 0 atom stereocenters. The molecule has 1 aromatic heterocycles. The van der Waals surface area contributed by atoms with E-state index in [0.29, 0.717) is 5.69 Å². The van der Waals surface area contributed by atoms with Crippen LogP contribution < -0.4 is 5.73 Å². The van der Waals surface area contributed by atoms with Gasteiger partial charge in [-0.15, -0.1) is 0 Å². The van der Waals surface area contributed by atoms with E-state index in [1.165, 1.54) is 13.2 Å².